The average molecular weight is 436 g/mol. The zero-order valence-corrected chi connectivity index (χ0v) is 17.1. The molecule has 0 bridgehead atoms. The molecule has 0 unspecified atom stereocenters. The van der Waals surface area contributed by atoms with Gasteiger partial charge in [-0.05, 0) is 53.4 Å². The first-order valence-electron chi connectivity index (χ1n) is 9.90. The quantitative estimate of drug-likeness (QED) is 0.447. The van der Waals surface area contributed by atoms with Crippen molar-refractivity contribution in [2.45, 2.75) is 19.6 Å². The number of halogens is 3. The van der Waals surface area contributed by atoms with Gasteiger partial charge < -0.3 is 10.3 Å². The van der Waals surface area contributed by atoms with Gasteiger partial charge in [-0.2, -0.15) is 13.2 Å². The number of amides is 1. The first-order chi connectivity index (χ1) is 15.2. The van der Waals surface area contributed by atoms with E-state index in [-0.39, 0.29) is 12.1 Å². The molecule has 1 amide bonds. The first kappa shape index (κ1) is 21.4. The second-order valence-corrected chi connectivity index (χ2v) is 7.48. The summed E-state index contributed by atoms with van der Waals surface area (Å²) in [6.07, 6.45) is -3.07. The molecule has 4 rings (SSSR count). The van der Waals surface area contributed by atoms with Crippen molar-refractivity contribution >= 4 is 16.8 Å². The van der Waals surface area contributed by atoms with Crippen molar-refractivity contribution < 1.29 is 18.0 Å². The van der Waals surface area contributed by atoms with Crippen molar-refractivity contribution in [2.75, 3.05) is 0 Å². The number of pyridine rings is 1. The Hall–Kier alpha value is -3.87. The van der Waals surface area contributed by atoms with Crippen molar-refractivity contribution in [3.8, 4) is 11.1 Å². The summed E-state index contributed by atoms with van der Waals surface area (Å²) in [5.41, 5.74) is 2.77. The first-order valence-corrected chi connectivity index (χ1v) is 9.90. The number of carbonyl (C=O) groups is 1. The van der Waals surface area contributed by atoms with E-state index in [1.807, 2.05) is 37.3 Å². The Morgan fingerprint density at radius 2 is 1.72 bits per heavy atom. The van der Waals surface area contributed by atoms with Crippen LogP contribution in [0.2, 0.25) is 0 Å². The predicted octanol–water partition coefficient (Wildman–Crippen LogP) is 5.45. The lowest BCUT2D eigenvalue weighted by Crippen LogP contribution is -2.28. The van der Waals surface area contributed by atoms with Crippen LogP contribution in [0.5, 0.6) is 0 Å². The molecule has 0 aliphatic rings. The summed E-state index contributed by atoms with van der Waals surface area (Å²) < 4.78 is 38.0. The molecule has 32 heavy (non-hydrogen) atoms. The SMILES string of the molecule is Cc1ccccc1-c1ccc2[nH]cc(C(=O)NCc3ccc(C(F)(F)F)cc3)c(=O)c2c1. The molecule has 0 aliphatic carbocycles. The van der Waals surface area contributed by atoms with E-state index in [0.717, 1.165) is 28.8 Å². The van der Waals surface area contributed by atoms with Crippen molar-refractivity contribution in [1.82, 2.24) is 10.3 Å². The van der Waals surface area contributed by atoms with E-state index in [9.17, 15) is 22.8 Å². The third-order valence-corrected chi connectivity index (χ3v) is 5.32. The molecule has 0 fully saturated rings. The number of aromatic amines is 1. The number of benzene rings is 3. The number of alkyl halides is 3. The Bertz CT molecular complexity index is 1360. The van der Waals surface area contributed by atoms with Gasteiger partial charge in [0.1, 0.15) is 5.56 Å². The Morgan fingerprint density at radius 3 is 2.41 bits per heavy atom. The second-order valence-electron chi connectivity index (χ2n) is 7.48. The fourth-order valence-electron chi connectivity index (χ4n) is 3.54. The van der Waals surface area contributed by atoms with Gasteiger partial charge in [-0.25, -0.2) is 0 Å². The molecule has 1 heterocycles. The van der Waals surface area contributed by atoms with Crippen LogP contribution in [0, 0.1) is 6.92 Å². The number of aryl methyl sites for hydroxylation is 1. The molecule has 0 spiro atoms. The van der Waals surface area contributed by atoms with Gasteiger partial charge in [-0.1, -0.05) is 42.5 Å². The molecule has 7 heteroatoms. The smallest absolute Gasteiger partial charge is 0.360 e. The molecular formula is C25H19F3N2O2. The number of hydrogen-bond acceptors (Lipinski definition) is 2. The summed E-state index contributed by atoms with van der Waals surface area (Å²) in [4.78, 5) is 28.6. The summed E-state index contributed by atoms with van der Waals surface area (Å²) >= 11 is 0. The molecule has 162 valence electrons. The third-order valence-electron chi connectivity index (χ3n) is 5.32. The molecule has 4 aromatic rings. The van der Waals surface area contributed by atoms with Crippen LogP contribution in [0.15, 0.2) is 77.7 Å². The number of rotatable bonds is 4. The maximum absolute atomic E-state index is 13.0. The molecule has 2 N–H and O–H groups in total. The number of nitrogens with one attached hydrogen (secondary N) is 2. The lowest BCUT2D eigenvalue weighted by molar-refractivity contribution is -0.137. The van der Waals surface area contributed by atoms with Crippen molar-refractivity contribution in [3.05, 3.63) is 105 Å². The van der Waals surface area contributed by atoms with Crippen LogP contribution in [-0.4, -0.2) is 10.9 Å². The Balaban J connectivity index is 1.58. The van der Waals surface area contributed by atoms with E-state index >= 15 is 0 Å². The van der Waals surface area contributed by atoms with Gasteiger partial charge in [0.15, 0.2) is 0 Å². The average Bonchev–Trinajstić information content (AvgIpc) is 2.78. The Morgan fingerprint density at radius 1 is 1.00 bits per heavy atom. The number of carbonyl (C=O) groups excluding carboxylic acids is 1. The summed E-state index contributed by atoms with van der Waals surface area (Å²) in [6, 6.07) is 17.8. The second kappa shape index (κ2) is 8.34. The number of H-pyrrole nitrogens is 1. The maximum Gasteiger partial charge on any atom is 0.416 e. The van der Waals surface area contributed by atoms with Gasteiger partial charge >= 0.3 is 6.18 Å². The van der Waals surface area contributed by atoms with Gasteiger partial charge in [-0.3, -0.25) is 9.59 Å². The monoisotopic (exact) mass is 436 g/mol. The van der Waals surface area contributed by atoms with E-state index in [0.29, 0.717) is 16.5 Å². The lowest BCUT2D eigenvalue weighted by atomic mass is 9.98. The van der Waals surface area contributed by atoms with Crippen LogP contribution >= 0.6 is 0 Å². The van der Waals surface area contributed by atoms with E-state index in [1.54, 1.807) is 12.1 Å². The van der Waals surface area contributed by atoms with Crippen LogP contribution in [0.25, 0.3) is 22.0 Å². The van der Waals surface area contributed by atoms with E-state index < -0.39 is 23.1 Å². The summed E-state index contributed by atoms with van der Waals surface area (Å²) in [5, 5.41) is 2.98. The lowest BCUT2D eigenvalue weighted by Gasteiger charge is -2.10. The zero-order chi connectivity index (χ0) is 22.9. The molecule has 0 saturated carbocycles. The molecule has 0 saturated heterocycles. The highest BCUT2D eigenvalue weighted by atomic mass is 19.4. The fraction of sp³-hybridized carbons (Fsp3) is 0.120. The summed E-state index contributed by atoms with van der Waals surface area (Å²) in [7, 11) is 0. The zero-order valence-electron chi connectivity index (χ0n) is 17.1. The molecule has 4 nitrogen and oxygen atoms in total. The molecule has 3 aromatic carbocycles. The van der Waals surface area contributed by atoms with Crippen LogP contribution in [0.3, 0.4) is 0 Å². The minimum Gasteiger partial charge on any atom is -0.360 e. The van der Waals surface area contributed by atoms with Crippen LogP contribution < -0.4 is 10.7 Å². The van der Waals surface area contributed by atoms with Crippen LogP contribution in [-0.2, 0) is 12.7 Å². The highest BCUT2D eigenvalue weighted by Gasteiger charge is 2.29. The van der Waals surface area contributed by atoms with Crippen molar-refractivity contribution in [3.63, 3.8) is 0 Å². The Labute approximate surface area is 181 Å². The Kier molecular flexibility index (Phi) is 5.57. The summed E-state index contributed by atoms with van der Waals surface area (Å²) in [5.74, 6) is -0.602. The van der Waals surface area contributed by atoms with Gasteiger partial charge in [-0.15, -0.1) is 0 Å². The minimum atomic E-state index is -4.42. The summed E-state index contributed by atoms with van der Waals surface area (Å²) in [6.45, 7) is 1.98. The van der Waals surface area contributed by atoms with Gasteiger partial charge in [0, 0.05) is 23.6 Å². The van der Waals surface area contributed by atoms with Crippen molar-refractivity contribution in [1.29, 1.82) is 0 Å². The fourth-order valence-corrected chi connectivity index (χ4v) is 3.54. The van der Waals surface area contributed by atoms with Crippen LogP contribution in [0.4, 0.5) is 13.2 Å². The number of hydrogen-bond donors (Lipinski definition) is 2. The van der Waals surface area contributed by atoms with E-state index in [2.05, 4.69) is 10.3 Å². The van der Waals surface area contributed by atoms with Gasteiger partial charge in [0.2, 0.25) is 5.43 Å². The largest absolute Gasteiger partial charge is 0.416 e. The standard InChI is InChI=1S/C25H19F3N2O2/c1-15-4-2-3-5-19(15)17-8-11-22-20(12-17)23(31)21(14-29-22)24(32)30-13-16-6-9-18(10-7-16)25(26,27)28/h2-12,14H,13H2,1H3,(H,29,31)(H,30,32). The normalized spacial score (nSPS) is 11.5. The molecule has 0 aliphatic heterocycles. The molecule has 1 aromatic heterocycles. The molecular weight excluding hydrogens is 417 g/mol. The molecule has 0 radical (unpaired) electrons. The number of aromatic nitrogens is 1. The van der Waals surface area contributed by atoms with E-state index in [4.69, 9.17) is 0 Å². The third kappa shape index (κ3) is 4.27. The highest BCUT2D eigenvalue weighted by Crippen LogP contribution is 2.29. The minimum absolute atomic E-state index is 0.00228. The van der Waals surface area contributed by atoms with E-state index in [1.165, 1.54) is 18.3 Å². The highest BCUT2D eigenvalue weighted by molar-refractivity contribution is 5.97. The molecule has 0 atom stereocenters. The topological polar surface area (TPSA) is 62.0 Å². The maximum atomic E-state index is 13.0. The van der Waals surface area contributed by atoms with Crippen molar-refractivity contribution in [2.24, 2.45) is 0 Å². The van der Waals surface area contributed by atoms with Gasteiger partial charge in [0.25, 0.3) is 5.91 Å². The number of fused-ring (bicyclic) bond motifs is 1. The predicted molar refractivity (Wildman–Crippen MR) is 117 cm³/mol. The van der Waals surface area contributed by atoms with Gasteiger partial charge in [0.05, 0.1) is 5.56 Å². The van der Waals surface area contributed by atoms with Crippen LogP contribution in [0.1, 0.15) is 27.0 Å².